The normalized spacial score (nSPS) is 47.5. The molecule has 0 saturated carbocycles. The second kappa shape index (κ2) is 4.44. The van der Waals surface area contributed by atoms with Crippen LogP contribution < -0.4 is 5.31 Å². The number of carbonyl (C=O) groups is 1. The zero-order valence-electron chi connectivity index (χ0n) is 9.82. The summed E-state index contributed by atoms with van der Waals surface area (Å²) in [6, 6.07) is 0. The summed E-state index contributed by atoms with van der Waals surface area (Å²) in [5.41, 5.74) is 0. The molecule has 0 aliphatic carbocycles. The van der Waals surface area contributed by atoms with Gasteiger partial charge in [-0.1, -0.05) is 0 Å². The Balaban J connectivity index is 3.20. The number of carbonyl (C=O) groups excluding carboxylic acids is 1. The first kappa shape index (κ1) is 12.6. The van der Waals surface area contributed by atoms with Gasteiger partial charge in [-0.25, -0.2) is 4.39 Å². The van der Waals surface area contributed by atoms with Gasteiger partial charge in [-0.05, 0) is 0 Å². The summed E-state index contributed by atoms with van der Waals surface area (Å²) in [7, 11) is 0. The molecule has 0 aromatic heterocycles. The molecule has 0 spiro atoms. The number of aliphatic hydroxyl groups is 5. The third-order valence-corrected chi connectivity index (χ3v) is 2.36. The van der Waals surface area contributed by atoms with Crippen molar-refractivity contribution >= 4 is 5.91 Å². The molecule has 1 fully saturated rings. The third-order valence-electron chi connectivity index (χ3n) is 2.36. The molecule has 1 heterocycles. The van der Waals surface area contributed by atoms with Crippen LogP contribution in [-0.2, 0) is 9.53 Å². The maximum absolute atomic E-state index is 13.9. The summed E-state index contributed by atoms with van der Waals surface area (Å²) in [6.45, 7) is -0.169. The minimum absolute atomic E-state index is 0.440. The number of aliphatic hydroxyl groups excluding tert-OH is 3. The minimum Gasteiger partial charge on any atom is -0.394 e. The van der Waals surface area contributed by atoms with E-state index in [1.165, 1.54) is 0 Å². The van der Waals surface area contributed by atoms with Crippen molar-refractivity contribution in [3.05, 3.63) is 0 Å². The standard InChI is InChI=1S/C8H14FNO7/c1-3(12)10-8(16)7(9,15)6(14)5(13)4(2-11)17-8/h4-6,11,13-16H,2H2,1H3,(H,10,12)/t4-,5-,6+,7+,8?/m1/s1/i/hD. The second-order valence-electron chi connectivity index (χ2n) is 3.69. The minimum atomic E-state index is -4.01. The highest BCUT2D eigenvalue weighted by Gasteiger charge is 2.65. The van der Waals surface area contributed by atoms with Crippen molar-refractivity contribution in [1.29, 1.82) is 0 Å². The summed E-state index contributed by atoms with van der Waals surface area (Å²) >= 11 is 0. The van der Waals surface area contributed by atoms with Gasteiger partial charge in [-0.3, -0.25) is 4.79 Å². The lowest BCUT2D eigenvalue weighted by molar-refractivity contribution is -0.432. The van der Waals surface area contributed by atoms with Gasteiger partial charge in [0, 0.05) is 6.92 Å². The van der Waals surface area contributed by atoms with Crippen molar-refractivity contribution in [2.24, 2.45) is 0 Å². The average molecular weight is 256 g/mol. The van der Waals surface area contributed by atoms with Gasteiger partial charge in [-0.15, -0.1) is 0 Å². The second-order valence-corrected chi connectivity index (χ2v) is 3.69. The van der Waals surface area contributed by atoms with Crippen molar-refractivity contribution in [3.8, 4) is 0 Å². The predicted molar refractivity (Wildman–Crippen MR) is 48.8 cm³/mol. The summed E-state index contributed by atoms with van der Waals surface area (Å²) in [4.78, 5) is 10.9. The monoisotopic (exact) mass is 256 g/mol. The fourth-order valence-electron chi connectivity index (χ4n) is 1.45. The first-order valence-corrected chi connectivity index (χ1v) is 4.67. The van der Waals surface area contributed by atoms with Gasteiger partial charge in [-0.2, -0.15) is 0 Å². The SMILES string of the molecule is [2H]N(C(C)=O)C1(O)O[C@H](CO)[C@@H](O)[C@H](O)[C@@]1(O)F. The molecule has 5 atom stereocenters. The Labute approximate surface area is 96.7 Å². The number of rotatable bonds is 2. The Morgan fingerprint density at radius 1 is 1.59 bits per heavy atom. The molecule has 8 nitrogen and oxygen atoms in total. The number of nitrogens with one attached hydrogen (secondary N) is 1. The highest BCUT2D eigenvalue weighted by molar-refractivity contribution is 5.73. The van der Waals surface area contributed by atoms with E-state index in [0.29, 0.717) is 0 Å². The van der Waals surface area contributed by atoms with Gasteiger partial charge in [0.15, 0.2) is 1.41 Å². The Bertz CT molecular complexity index is 343. The van der Waals surface area contributed by atoms with Crippen LogP contribution in [0.2, 0.25) is 1.41 Å². The van der Waals surface area contributed by atoms with E-state index in [1.54, 1.807) is 0 Å². The first-order valence-electron chi connectivity index (χ1n) is 5.12. The molecule has 100 valence electrons. The zero-order valence-corrected chi connectivity index (χ0v) is 8.82. The molecular weight excluding hydrogens is 241 g/mol. The summed E-state index contributed by atoms with van der Waals surface area (Å²) in [6.07, 6.45) is -6.32. The lowest BCUT2D eigenvalue weighted by Crippen LogP contribution is -2.76. The lowest BCUT2D eigenvalue weighted by atomic mass is 9.94. The van der Waals surface area contributed by atoms with E-state index in [4.69, 9.17) is 6.52 Å². The molecule has 0 aromatic rings. The van der Waals surface area contributed by atoms with Gasteiger partial charge in [0.2, 0.25) is 5.91 Å². The van der Waals surface area contributed by atoms with Crippen molar-refractivity contribution in [2.45, 2.75) is 37.0 Å². The third kappa shape index (κ3) is 2.25. The molecule has 1 aliphatic rings. The van der Waals surface area contributed by atoms with Crippen molar-refractivity contribution < 1.29 is 40.9 Å². The largest absolute Gasteiger partial charge is 0.394 e. The molecule has 1 rings (SSSR count). The first-order chi connectivity index (χ1) is 8.09. The van der Waals surface area contributed by atoms with Crippen LogP contribution in [0.4, 0.5) is 4.39 Å². The van der Waals surface area contributed by atoms with Crippen molar-refractivity contribution in [2.75, 3.05) is 6.61 Å². The Morgan fingerprint density at radius 2 is 2.12 bits per heavy atom. The van der Waals surface area contributed by atoms with Crippen LogP contribution in [0.5, 0.6) is 0 Å². The molecule has 1 aliphatic heterocycles. The Hall–Kier alpha value is -0.840. The highest BCUT2D eigenvalue weighted by Crippen LogP contribution is 2.36. The molecule has 0 radical (unpaired) electrons. The van der Waals surface area contributed by atoms with Crippen LogP contribution in [0.3, 0.4) is 0 Å². The van der Waals surface area contributed by atoms with Crippen LogP contribution in [0.1, 0.15) is 6.92 Å². The average Bonchev–Trinajstić information content (AvgIpc) is 2.30. The van der Waals surface area contributed by atoms with Crippen LogP contribution in [0.15, 0.2) is 0 Å². The number of hydrogen-bond acceptors (Lipinski definition) is 7. The fraction of sp³-hybridized carbons (Fsp3) is 0.875. The van der Waals surface area contributed by atoms with Crippen LogP contribution >= 0.6 is 0 Å². The van der Waals surface area contributed by atoms with Gasteiger partial charge in [0.1, 0.15) is 18.3 Å². The smallest absolute Gasteiger partial charge is 0.314 e. The number of hydrogen-bond donors (Lipinski definition) is 6. The topological polar surface area (TPSA) is 139 Å². The number of alkyl halides is 1. The molecule has 17 heavy (non-hydrogen) atoms. The summed E-state index contributed by atoms with van der Waals surface area (Å²) < 4.78 is 25.4. The van der Waals surface area contributed by atoms with E-state index < -0.39 is 47.9 Å². The van der Waals surface area contributed by atoms with Crippen LogP contribution in [0, 0.1) is 0 Å². The lowest BCUT2D eigenvalue weighted by Gasteiger charge is -2.47. The van der Waals surface area contributed by atoms with Gasteiger partial charge >= 0.3 is 11.8 Å². The van der Waals surface area contributed by atoms with Gasteiger partial charge in [0.05, 0.1) is 6.61 Å². The molecule has 9 heteroatoms. The van der Waals surface area contributed by atoms with E-state index in [1.807, 2.05) is 0 Å². The Kier molecular flexibility index (Phi) is 3.30. The highest BCUT2D eigenvalue weighted by atomic mass is 19.2. The fourth-order valence-corrected chi connectivity index (χ4v) is 1.45. The summed E-state index contributed by atoms with van der Waals surface area (Å²) in [5.74, 6) is -8.76. The van der Waals surface area contributed by atoms with Gasteiger partial charge in [0.25, 0.3) is 0 Å². The van der Waals surface area contributed by atoms with Crippen LogP contribution in [0.25, 0.3) is 0 Å². The molecule has 6 N–H and O–H groups in total. The maximum Gasteiger partial charge on any atom is 0.314 e. The summed E-state index contributed by atoms with van der Waals surface area (Å²) in [5, 5.41) is 46.1. The van der Waals surface area contributed by atoms with Gasteiger partial charge < -0.3 is 35.6 Å². The molecular formula is C8H14FNO7. The van der Waals surface area contributed by atoms with Crippen molar-refractivity contribution in [1.82, 2.24) is 5.31 Å². The maximum atomic E-state index is 13.9. The van der Waals surface area contributed by atoms with E-state index in [2.05, 4.69) is 4.74 Å². The number of ether oxygens (including phenoxy) is 1. The number of halogens is 1. The quantitative estimate of drug-likeness (QED) is 0.282. The van der Waals surface area contributed by atoms with E-state index >= 15 is 0 Å². The predicted octanol–water partition coefficient (Wildman–Crippen LogP) is -3.46. The molecule has 1 unspecified atom stereocenters. The van der Waals surface area contributed by atoms with Crippen molar-refractivity contribution in [3.63, 3.8) is 0 Å². The van der Waals surface area contributed by atoms with E-state index in [0.717, 1.165) is 6.92 Å². The molecule has 1 amide bonds. The zero-order chi connectivity index (χ0) is 14.3. The Morgan fingerprint density at radius 3 is 2.53 bits per heavy atom. The molecule has 1 saturated heterocycles. The van der Waals surface area contributed by atoms with Crippen LogP contribution in [-0.4, -0.2) is 68.1 Å². The molecule has 0 aromatic carbocycles. The van der Waals surface area contributed by atoms with E-state index in [-0.39, 0.29) is 0 Å². The molecule has 0 bridgehead atoms. The van der Waals surface area contributed by atoms with E-state index in [9.17, 15) is 29.6 Å². The number of amides is 1.